The van der Waals surface area contributed by atoms with Crippen molar-refractivity contribution in [3.8, 4) is 0 Å². The predicted molar refractivity (Wildman–Crippen MR) is 110 cm³/mol. The molecule has 0 bridgehead atoms. The van der Waals surface area contributed by atoms with E-state index in [1.165, 1.54) is 4.90 Å². The lowest BCUT2D eigenvalue weighted by molar-refractivity contribution is -0.136. The molecular formula is C22H19N5O3. The fourth-order valence-corrected chi connectivity index (χ4v) is 3.96. The first kappa shape index (κ1) is 18.2. The number of hydrogen-bond acceptors (Lipinski definition) is 6. The van der Waals surface area contributed by atoms with Gasteiger partial charge in [-0.15, -0.1) is 0 Å². The van der Waals surface area contributed by atoms with E-state index in [4.69, 9.17) is 0 Å². The number of imide groups is 1. The molecule has 1 fully saturated rings. The van der Waals surface area contributed by atoms with Crippen LogP contribution in [0, 0.1) is 6.92 Å². The van der Waals surface area contributed by atoms with Crippen LogP contribution in [0.5, 0.6) is 0 Å². The number of carbonyl (C=O) groups excluding carboxylic acids is 3. The van der Waals surface area contributed by atoms with Gasteiger partial charge >= 0.3 is 0 Å². The average molecular weight is 401 g/mol. The zero-order chi connectivity index (χ0) is 20.8. The molecule has 1 unspecified atom stereocenters. The third kappa shape index (κ3) is 3.16. The first-order valence-electron chi connectivity index (χ1n) is 9.76. The van der Waals surface area contributed by atoms with Gasteiger partial charge in [-0.3, -0.25) is 24.7 Å². The standard InChI is InChI=1S/C22H19N5O3/c1-12-2-5-16-17(8-12)25-19(10-23-16)24-14-4-3-13-11-27(22(30)15(13)9-14)18-6-7-20(28)26-21(18)29/h2-5,8-10,18H,6-7,11H2,1H3,(H,24,25)(H,26,28,29). The van der Waals surface area contributed by atoms with Gasteiger partial charge in [-0.2, -0.15) is 0 Å². The lowest BCUT2D eigenvalue weighted by atomic mass is 10.0. The zero-order valence-corrected chi connectivity index (χ0v) is 16.3. The van der Waals surface area contributed by atoms with E-state index in [0.717, 1.165) is 22.2 Å². The van der Waals surface area contributed by atoms with Gasteiger partial charge in [0.05, 0.1) is 17.2 Å². The normalized spacial score (nSPS) is 18.5. The lowest BCUT2D eigenvalue weighted by Gasteiger charge is -2.29. The van der Waals surface area contributed by atoms with Crippen LogP contribution in [0.3, 0.4) is 0 Å². The highest BCUT2D eigenvalue weighted by Gasteiger charge is 2.39. The highest BCUT2D eigenvalue weighted by atomic mass is 16.2. The zero-order valence-electron chi connectivity index (χ0n) is 16.3. The summed E-state index contributed by atoms with van der Waals surface area (Å²) in [6.45, 7) is 2.36. The molecule has 0 radical (unpaired) electrons. The Morgan fingerprint density at radius 2 is 1.97 bits per heavy atom. The fraction of sp³-hybridized carbons (Fsp3) is 0.227. The maximum absolute atomic E-state index is 12.9. The van der Waals surface area contributed by atoms with E-state index in [9.17, 15) is 14.4 Å². The van der Waals surface area contributed by atoms with Crippen LogP contribution in [0.1, 0.15) is 34.3 Å². The molecule has 8 heteroatoms. The molecule has 8 nitrogen and oxygen atoms in total. The van der Waals surface area contributed by atoms with Crippen molar-refractivity contribution in [2.24, 2.45) is 0 Å². The van der Waals surface area contributed by atoms with Crippen molar-refractivity contribution >= 4 is 40.3 Å². The van der Waals surface area contributed by atoms with Gasteiger partial charge in [-0.25, -0.2) is 4.98 Å². The van der Waals surface area contributed by atoms with E-state index in [2.05, 4.69) is 20.6 Å². The van der Waals surface area contributed by atoms with Gasteiger partial charge in [-0.05, 0) is 48.7 Å². The Morgan fingerprint density at radius 3 is 2.80 bits per heavy atom. The van der Waals surface area contributed by atoms with Gasteiger partial charge in [0.15, 0.2) is 0 Å². The van der Waals surface area contributed by atoms with Crippen molar-refractivity contribution in [3.63, 3.8) is 0 Å². The molecule has 150 valence electrons. The molecule has 2 aliphatic rings. The summed E-state index contributed by atoms with van der Waals surface area (Å²) in [6.07, 6.45) is 2.24. The summed E-state index contributed by atoms with van der Waals surface area (Å²) < 4.78 is 0. The first-order chi connectivity index (χ1) is 14.5. The quantitative estimate of drug-likeness (QED) is 0.654. The van der Waals surface area contributed by atoms with Gasteiger partial charge in [0, 0.05) is 24.2 Å². The molecule has 0 aliphatic carbocycles. The van der Waals surface area contributed by atoms with E-state index in [1.807, 2.05) is 37.3 Å². The Balaban J connectivity index is 1.38. The number of amides is 3. The Kier molecular flexibility index (Phi) is 4.20. The molecule has 0 saturated carbocycles. The highest BCUT2D eigenvalue weighted by Crippen LogP contribution is 2.30. The van der Waals surface area contributed by atoms with Crippen molar-refractivity contribution in [2.75, 3.05) is 5.32 Å². The average Bonchev–Trinajstić information content (AvgIpc) is 3.04. The van der Waals surface area contributed by atoms with E-state index >= 15 is 0 Å². The van der Waals surface area contributed by atoms with Crippen molar-refractivity contribution in [2.45, 2.75) is 32.4 Å². The number of carbonyl (C=O) groups is 3. The molecule has 3 heterocycles. The molecule has 0 spiro atoms. The molecular weight excluding hydrogens is 382 g/mol. The number of fused-ring (bicyclic) bond motifs is 2. The topological polar surface area (TPSA) is 104 Å². The van der Waals surface area contributed by atoms with E-state index in [0.29, 0.717) is 30.0 Å². The molecule has 1 aromatic heterocycles. The second-order valence-corrected chi connectivity index (χ2v) is 7.64. The molecule has 30 heavy (non-hydrogen) atoms. The van der Waals surface area contributed by atoms with Crippen LogP contribution in [-0.2, 0) is 16.1 Å². The molecule has 2 aromatic carbocycles. The smallest absolute Gasteiger partial charge is 0.255 e. The van der Waals surface area contributed by atoms with Gasteiger partial charge < -0.3 is 10.2 Å². The van der Waals surface area contributed by atoms with Crippen LogP contribution in [0.4, 0.5) is 11.5 Å². The van der Waals surface area contributed by atoms with Crippen molar-refractivity contribution in [1.82, 2.24) is 20.2 Å². The highest BCUT2D eigenvalue weighted by molar-refractivity contribution is 6.05. The molecule has 1 saturated heterocycles. The van der Waals surface area contributed by atoms with E-state index < -0.39 is 11.9 Å². The monoisotopic (exact) mass is 401 g/mol. The third-order valence-electron chi connectivity index (χ3n) is 5.50. The second kappa shape index (κ2) is 6.91. The van der Waals surface area contributed by atoms with E-state index in [-0.39, 0.29) is 18.2 Å². The summed E-state index contributed by atoms with van der Waals surface area (Å²) in [5.41, 5.74) is 4.83. The number of benzene rings is 2. The van der Waals surface area contributed by atoms with Gasteiger partial charge in [0.1, 0.15) is 11.9 Å². The number of anilines is 2. The predicted octanol–water partition coefficient (Wildman–Crippen LogP) is 2.44. The lowest BCUT2D eigenvalue weighted by Crippen LogP contribution is -2.52. The number of nitrogens with one attached hydrogen (secondary N) is 2. The van der Waals surface area contributed by atoms with Crippen LogP contribution in [0.25, 0.3) is 11.0 Å². The third-order valence-corrected chi connectivity index (χ3v) is 5.50. The van der Waals surface area contributed by atoms with Crippen LogP contribution >= 0.6 is 0 Å². The molecule has 2 N–H and O–H groups in total. The second-order valence-electron chi connectivity index (χ2n) is 7.64. The molecule has 5 rings (SSSR count). The summed E-state index contributed by atoms with van der Waals surface area (Å²) in [6, 6.07) is 10.8. The number of aromatic nitrogens is 2. The van der Waals surface area contributed by atoms with Crippen molar-refractivity contribution in [3.05, 3.63) is 59.3 Å². The number of hydrogen-bond donors (Lipinski definition) is 2. The van der Waals surface area contributed by atoms with Crippen LogP contribution in [0.15, 0.2) is 42.6 Å². The van der Waals surface area contributed by atoms with Gasteiger partial charge in [0.2, 0.25) is 11.8 Å². The van der Waals surface area contributed by atoms with Crippen LogP contribution in [0.2, 0.25) is 0 Å². The summed E-state index contributed by atoms with van der Waals surface area (Å²) in [5, 5.41) is 5.52. The molecule has 3 amide bonds. The van der Waals surface area contributed by atoms with E-state index in [1.54, 1.807) is 12.3 Å². The summed E-state index contributed by atoms with van der Waals surface area (Å²) >= 11 is 0. The Morgan fingerprint density at radius 1 is 1.10 bits per heavy atom. The minimum Gasteiger partial charge on any atom is -0.339 e. The maximum Gasteiger partial charge on any atom is 0.255 e. The number of piperidine rings is 1. The number of rotatable bonds is 3. The molecule has 1 atom stereocenters. The minimum atomic E-state index is -0.617. The maximum atomic E-state index is 12.9. The first-order valence-corrected chi connectivity index (χ1v) is 9.76. The fourth-order valence-electron chi connectivity index (χ4n) is 3.96. The Bertz CT molecular complexity index is 1220. The number of nitrogens with zero attached hydrogens (tertiary/aromatic N) is 3. The minimum absolute atomic E-state index is 0.205. The molecule has 2 aliphatic heterocycles. The van der Waals surface area contributed by atoms with Crippen LogP contribution in [-0.4, -0.2) is 38.6 Å². The van der Waals surface area contributed by atoms with Crippen LogP contribution < -0.4 is 10.6 Å². The largest absolute Gasteiger partial charge is 0.339 e. The van der Waals surface area contributed by atoms with Gasteiger partial charge in [0.25, 0.3) is 5.91 Å². The number of aryl methyl sites for hydroxylation is 1. The van der Waals surface area contributed by atoms with Gasteiger partial charge in [-0.1, -0.05) is 12.1 Å². The SMILES string of the molecule is Cc1ccc2ncc(Nc3ccc4c(c3)C(=O)N(C3CCC(=O)NC3=O)C4)nc2c1. The molecule has 3 aromatic rings. The van der Waals surface area contributed by atoms with Crippen molar-refractivity contribution in [1.29, 1.82) is 0 Å². The summed E-state index contributed by atoms with van der Waals surface area (Å²) in [4.78, 5) is 47.1. The van der Waals surface area contributed by atoms with Crippen molar-refractivity contribution < 1.29 is 14.4 Å². The summed E-state index contributed by atoms with van der Waals surface area (Å²) in [5.74, 6) is -0.324. The Hall–Kier alpha value is -3.81. The Labute approximate surface area is 172 Å². The summed E-state index contributed by atoms with van der Waals surface area (Å²) in [7, 11) is 0.